The fraction of sp³-hybridized carbons (Fsp3) is 0.261. The maximum absolute atomic E-state index is 12.9. The fourth-order valence-electron chi connectivity index (χ4n) is 3.08. The molecule has 2 amide bonds. The number of thioether (sulfide) groups is 1. The second-order valence-corrected chi connectivity index (χ2v) is 8.77. The molecule has 156 valence electrons. The minimum absolute atomic E-state index is 0.0505. The smallest absolute Gasteiger partial charge is 0.242 e. The van der Waals surface area contributed by atoms with E-state index in [9.17, 15) is 9.59 Å². The molecule has 5 nitrogen and oxygen atoms in total. The van der Waals surface area contributed by atoms with Crippen molar-refractivity contribution in [2.45, 2.75) is 32.4 Å². The molecule has 1 N–H and O–H groups in total. The molecule has 0 radical (unpaired) electrons. The number of carbonyl (C=O) groups excluding carboxylic acids is 2. The zero-order chi connectivity index (χ0) is 21.8. The minimum atomic E-state index is -0.534. The summed E-state index contributed by atoms with van der Waals surface area (Å²) in [6.45, 7) is 9.92. The van der Waals surface area contributed by atoms with Gasteiger partial charge in [-0.2, -0.15) is 0 Å². The van der Waals surface area contributed by atoms with Crippen molar-refractivity contribution in [2.24, 2.45) is 4.99 Å². The van der Waals surface area contributed by atoms with E-state index in [1.807, 2.05) is 39.0 Å². The van der Waals surface area contributed by atoms with E-state index in [2.05, 4.69) is 11.9 Å². The predicted molar refractivity (Wildman–Crippen MR) is 126 cm³/mol. The van der Waals surface area contributed by atoms with Crippen molar-refractivity contribution >= 4 is 51.7 Å². The van der Waals surface area contributed by atoms with Gasteiger partial charge in [0, 0.05) is 23.7 Å². The van der Waals surface area contributed by atoms with E-state index in [0.717, 1.165) is 22.4 Å². The molecule has 7 heteroatoms. The molecule has 1 fully saturated rings. The Hall–Kier alpha value is -2.57. The lowest BCUT2D eigenvalue weighted by Gasteiger charge is -2.14. The summed E-state index contributed by atoms with van der Waals surface area (Å²) in [5.74, 6) is -0.375. The summed E-state index contributed by atoms with van der Waals surface area (Å²) in [6, 6.07) is 11.4. The van der Waals surface area contributed by atoms with Crippen LogP contribution in [0.25, 0.3) is 0 Å². The Morgan fingerprint density at radius 2 is 2.07 bits per heavy atom. The van der Waals surface area contributed by atoms with Crippen LogP contribution in [0.4, 0.5) is 11.4 Å². The number of aliphatic imine (C=N–C) groups is 1. The number of nitrogens with zero attached hydrogens (tertiary/aromatic N) is 2. The summed E-state index contributed by atoms with van der Waals surface area (Å²) in [4.78, 5) is 31.8. The van der Waals surface area contributed by atoms with Gasteiger partial charge in [0.2, 0.25) is 11.8 Å². The van der Waals surface area contributed by atoms with Gasteiger partial charge in [-0.15, -0.1) is 6.58 Å². The standard InChI is InChI=1S/C23H24ClN3O2S/c1-5-11-27-22(29)20(13-21(28)25-18-8-6-7-17(24)16(18)4)30-23(27)26-19-12-14(2)9-10-15(19)3/h5-10,12,20H,1,11,13H2,2-4H3,(H,25,28)/t20-/m1/s1. The lowest BCUT2D eigenvalue weighted by molar-refractivity contribution is -0.127. The third kappa shape index (κ3) is 4.94. The summed E-state index contributed by atoms with van der Waals surface area (Å²) in [7, 11) is 0. The third-order valence-electron chi connectivity index (χ3n) is 4.83. The Morgan fingerprint density at radius 1 is 1.30 bits per heavy atom. The van der Waals surface area contributed by atoms with Gasteiger partial charge in [-0.1, -0.05) is 47.6 Å². The van der Waals surface area contributed by atoms with Gasteiger partial charge in [0.1, 0.15) is 5.25 Å². The summed E-state index contributed by atoms with van der Waals surface area (Å²) in [6.07, 6.45) is 1.71. The number of amides is 2. The third-order valence-corrected chi connectivity index (χ3v) is 6.41. The molecule has 2 aromatic carbocycles. The van der Waals surface area contributed by atoms with Crippen LogP contribution in [0.15, 0.2) is 54.0 Å². The molecule has 1 saturated heterocycles. The van der Waals surface area contributed by atoms with E-state index < -0.39 is 5.25 Å². The molecule has 0 unspecified atom stereocenters. The molecule has 2 aromatic rings. The summed E-state index contributed by atoms with van der Waals surface area (Å²) in [5, 5.41) is 3.50. The number of aryl methyl sites for hydroxylation is 2. The topological polar surface area (TPSA) is 61.8 Å². The Morgan fingerprint density at radius 3 is 2.80 bits per heavy atom. The number of amidine groups is 1. The first kappa shape index (κ1) is 22.1. The minimum Gasteiger partial charge on any atom is -0.326 e. The van der Waals surface area contributed by atoms with Crippen LogP contribution >= 0.6 is 23.4 Å². The van der Waals surface area contributed by atoms with Gasteiger partial charge in [0.15, 0.2) is 5.17 Å². The Balaban J connectivity index is 1.79. The zero-order valence-corrected chi connectivity index (χ0v) is 18.8. The lowest BCUT2D eigenvalue weighted by Crippen LogP contribution is -2.33. The molecule has 0 bridgehead atoms. The van der Waals surface area contributed by atoms with Gasteiger partial charge in [-0.3, -0.25) is 14.5 Å². The van der Waals surface area contributed by atoms with E-state index in [1.165, 1.54) is 11.8 Å². The molecule has 0 spiro atoms. The molecule has 1 aliphatic heterocycles. The fourth-order valence-corrected chi connectivity index (χ4v) is 4.41. The van der Waals surface area contributed by atoms with Gasteiger partial charge in [0.05, 0.1) is 5.69 Å². The van der Waals surface area contributed by atoms with Gasteiger partial charge >= 0.3 is 0 Å². The molecular weight excluding hydrogens is 418 g/mol. The number of halogens is 1. The maximum atomic E-state index is 12.9. The van der Waals surface area contributed by atoms with E-state index >= 15 is 0 Å². The van der Waals surface area contributed by atoms with Gasteiger partial charge < -0.3 is 5.32 Å². The number of anilines is 1. The first-order chi connectivity index (χ1) is 14.3. The second-order valence-electron chi connectivity index (χ2n) is 7.19. The van der Waals surface area contributed by atoms with E-state index in [4.69, 9.17) is 16.6 Å². The average Bonchev–Trinajstić information content (AvgIpc) is 2.97. The van der Waals surface area contributed by atoms with Crippen molar-refractivity contribution in [3.8, 4) is 0 Å². The molecular formula is C23H24ClN3O2S. The summed E-state index contributed by atoms with van der Waals surface area (Å²) < 4.78 is 0. The van der Waals surface area contributed by atoms with Crippen LogP contribution in [0.1, 0.15) is 23.1 Å². The lowest BCUT2D eigenvalue weighted by atomic mass is 10.1. The van der Waals surface area contributed by atoms with E-state index in [1.54, 1.807) is 29.2 Å². The number of nitrogens with one attached hydrogen (secondary N) is 1. The molecule has 0 saturated carbocycles. The van der Waals surface area contributed by atoms with Crippen LogP contribution in [0, 0.1) is 20.8 Å². The van der Waals surface area contributed by atoms with Crippen molar-refractivity contribution < 1.29 is 9.59 Å². The van der Waals surface area contributed by atoms with Crippen LogP contribution in [-0.2, 0) is 9.59 Å². The molecule has 1 atom stereocenters. The Bertz CT molecular complexity index is 1040. The average molecular weight is 442 g/mol. The van der Waals surface area contributed by atoms with Crippen molar-refractivity contribution in [2.75, 3.05) is 11.9 Å². The van der Waals surface area contributed by atoms with E-state index in [0.29, 0.717) is 22.4 Å². The van der Waals surface area contributed by atoms with Crippen LogP contribution < -0.4 is 5.32 Å². The molecule has 1 heterocycles. The molecule has 0 aromatic heterocycles. The SMILES string of the molecule is C=CCN1C(=O)[C@@H](CC(=O)Nc2cccc(Cl)c2C)SC1=Nc1cc(C)ccc1C. The Kier molecular flexibility index (Phi) is 7.00. The van der Waals surface area contributed by atoms with Crippen molar-refractivity contribution in [3.05, 3.63) is 70.8 Å². The van der Waals surface area contributed by atoms with Crippen molar-refractivity contribution in [3.63, 3.8) is 0 Å². The Labute approximate surface area is 186 Å². The molecule has 0 aliphatic carbocycles. The van der Waals surface area contributed by atoms with Gasteiger partial charge in [0.25, 0.3) is 0 Å². The largest absolute Gasteiger partial charge is 0.326 e. The second kappa shape index (κ2) is 9.49. The highest BCUT2D eigenvalue weighted by Gasteiger charge is 2.38. The van der Waals surface area contributed by atoms with Gasteiger partial charge in [-0.05, 0) is 55.7 Å². The normalized spacial score (nSPS) is 17.5. The van der Waals surface area contributed by atoms with Crippen molar-refractivity contribution in [1.82, 2.24) is 4.90 Å². The molecule has 30 heavy (non-hydrogen) atoms. The highest BCUT2D eigenvalue weighted by Crippen LogP contribution is 2.33. The first-order valence-corrected chi connectivity index (χ1v) is 10.9. The van der Waals surface area contributed by atoms with Crippen LogP contribution in [-0.4, -0.2) is 33.7 Å². The van der Waals surface area contributed by atoms with Crippen LogP contribution in [0.3, 0.4) is 0 Å². The predicted octanol–water partition coefficient (Wildman–Crippen LogP) is 5.41. The quantitative estimate of drug-likeness (QED) is 0.609. The highest BCUT2D eigenvalue weighted by atomic mass is 35.5. The number of benzene rings is 2. The number of hydrogen-bond acceptors (Lipinski definition) is 4. The number of carbonyl (C=O) groups is 2. The van der Waals surface area contributed by atoms with Gasteiger partial charge in [-0.25, -0.2) is 4.99 Å². The first-order valence-electron chi connectivity index (χ1n) is 9.60. The summed E-state index contributed by atoms with van der Waals surface area (Å²) in [5.41, 5.74) is 4.38. The van der Waals surface area contributed by atoms with E-state index in [-0.39, 0.29) is 18.2 Å². The summed E-state index contributed by atoms with van der Waals surface area (Å²) >= 11 is 7.44. The van der Waals surface area contributed by atoms with Crippen LogP contribution in [0.2, 0.25) is 5.02 Å². The number of rotatable bonds is 6. The molecule has 3 rings (SSSR count). The maximum Gasteiger partial charge on any atom is 0.242 e. The van der Waals surface area contributed by atoms with Crippen molar-refractivity contribution in [1.29, 1.82) is 0 Å². The molecule has 1 aliphatic rings. The van der Waals surface area contributed by atoms with Crippen LogP contribution in [0.5, 0.6) is 0 Å². The monoisotopic (exact) mass is 441 g/mol. The highest BCUT2D eigenvalue weighted by molar-refractivity contribution is 8.15. The zero-order valence-electron chi connectivity index (χ0n) is 17.2. The number of hydrogen-bond donors (Lipinski definition) is 1.